The number of nitrogens with one attached hydrogen (secondary N) is 2. The molecule has 14 heteroatoms. The summed E-state index contributed by atoms with van der Waals surface area (Å²) in [4.78, 5) is 62.6. The fourth-order valence-electron chi connectivity index (χ4n) is 8.80. The number of aromatic nitrogens is 1. The van der Waals surface area contributed by atoms with Gasteiger partial charge in [-0.25, -0.2) is 13.4 Å². The first kappa shape index (κ1) is 39.1. The summed E-state index contributed by atoms with van der Waals surface area (Å²) in [7, 11) is -2.25. The van der Waals surface area contributed by atoms with Crippen molar-refractivity contribution in [2.24, 2.45) is 23.2 Å². The van der Waals surface area contributed by atoms with Crippen molar-refractivity contribution in [2.45, 2.75) is 120 Å². The average molecular weight is 779 g/mol. The van der Waals surface area contributed by atoms with Gasteiger partial charge in [0.25, 0.3) is 5.91 Å². The second-order valence-electron chi connectivity index (χ2n) is 17.1. The number of hydrogen-bond acceptors (Lipinski definition) is 10. The molecular formula is C41H54N4O9S. The number of benzene rings is 1. The van der Waals surface area contributed by atoms with Crippen LogP contribution in [0.15, 0.2) is 37.1 Å². The Morgan fingerprint density at radius 1 is 1.09 bits per heavy atom. The molecule has 1 aromatic carbocycles. The second-order valence-corrected chi connectivity index (χ2v) is 19.0. The summed E-state index contributed by atoms with van der Waals surface area (Å²) in [5.41, 5.74) is -0.860. The zero-order valence-corrected chi connectivity index (χ0v) is 33.0. The molecule has 3 saturated carbocycles. The number of amides is 3. The molecule has 3 aliphatic carbocycles. The molecule has 2 aliphatic heterocycles. The monoisotopic (exact) mass is 778 g/mol. The van der Waals surface area contributed by atoms with E-state index in [0.29, 0.717) is 25.1 Å². The molecule has 7 rings (SSSR count). The minimum atomic E-state index is -3.88. The number of pyridine rings is 1. The lowest BCUT2D eigenvalue weighted by Gasteiger charge is -2.34. The summed E-state index contributed by atoms with van der Waals surface area (Å²) in [5, 5.41) is 3.88. The van der Waals surface area contributed by atoms with Crippen LogP contribution in [0.3, 0.4) is 0 Å². The summed E-state index contributed by atoms with van der Waals surface area (Å²) in [6, 6.07) is 4.79. The lowest BCUT2D eigenvalue weighted by molar-refractivity contribution is -0.154. The van der Waals surface area contributed by atoms with Crippen LogP contribution >= 0.6 is 0 Å². The third-order valence-corrected chi connectivity index (χ3v) is 14.2. The minimum absolute atomic E-state index is 0.0451. The number of ether oxygens (including phenoxy) is 3. The number of fused-ring (bicyclic) bond motifs is 3. The number of carbonyl (C=O) groups excluding carboxylic acids is 4. The first-order chi connectivity index (χ1) is 26.2. The predicted molar refractivity (Wildman–Crippen MR) is 204 cm³/mol. The fourth-order valence-corrected chi connectivity index (χ4v) is 10.2. The van der Waals surface area contributed by atoms with Gasteiger partial charge in [-0.05, 0) is 91.8 Å². The average Bonchev–Trinajstić information content (AvgIpc) is 4.09. The van der Waals surface area contributed by atoms with E-state index in [1.54, 1.807) is 13.3 Å². The highest BCUT2D eigenvalue weighted by Gasteiger charge is 2.62. The predicted octanol–water partition coefficient (Wildman–Crippen LogP) is 4.75. The maximum Gasteiger partial charge on any atom is 0.306 e. The Hall–Kier alpha value is -4.20. The molecule has 1 saturated heterocycles. The number of sulfonamides is 1. The topological polar surface area (TPSA) is 170 Å². The summed E-state index contributed by atoms with van der Waals surface area (Å²) < 4.78 is 46.0. The van der Waals surface area contributed by atoms with Gasteiger partial charge in [0, 0.05) is 23.9 Å². The van der Waals surface area contributed by atoms with Crippen LogP contribution in [0, 0.1) is 23.2 Å². The number of rotatable bonds is 8. The van der Waals surface area contributed by atoms with Gasteiger partial charge in [-0.2, -0.15) is 0 Å². The van der Waals surface area contributed by atoms with E-state index in [2.05, 4.69) is 35.4 Å². The van der Waals surface area contributed by atoms with Crippen LogP contribution < -0.4 is 19.5 Å². The number of aryl methyl sites for hydroxylation is 1. The van der Waals surface area contributed by atoms with Gasteiger partial charge >= 0.3 is 5.97 Å². The summed E-state index contributed by atoms with van der Waals surface area (Å²) in [5.74, 6) is -2.36. The van der Waals surface area contributed by atoms with Crippen molar-refractivity contribution in [3.8, 4) is 11.6 Å². The Balaban J connectivity index is 1.24. The van der Waals surface area contributed by atoms with E-state index in [0.717, 1.165) is 67.0 Å². The molecule has 0 unspecified atom stereocenters. The highest BCUT2D eigenvalue weighted by Crippen LogP contribution is 2.46. The lowest BCUT2D eigenvalue weighted by atomic mass is 9.77. The van der Waals surface area contributed by atoms with Crippen LogP contribution in [0.25, 0.3) is 10.8 Å². The van der Waals surface area contributed by atoms with Gasteiger partial charge in [0.2, 0.25) is 27.7 Å². The zero-order chi connectivity index (χ0) is 39.1. The van der Waals surface area contributed by atoms with Crippen molar-refractivity contribution >= 4 is 44.5 Å². The second kappa shape index (κ2) is 15.4. The molecule has 2 aromatic rings. The Labute approximate surface area is 323 Å². The fraction of sp³-hybridized carbons (Fsp3) is 0.634. The summed E-state index contributed by atoms with van der Waals surface area (Å²) in [6.07, 6.45) is 10.4. The van der Waals surface area contributed by atoms with E-state index in [1.165, 1.54) is 11.0 Å². The first-order valence-electron chi connectivity index (χ1n) is 19.8. The van der Waals surface area contributed by atoms with Gasteiger partial charge in [0.05, 0.1) is 37.9 Å². The first-order valence-corrected chi connectivity index (χ1v) is 21.4. The van der Waals surface area contributed by atoms with Crippen molar-refractivity contribution in [2.75, 3.05) is 20.3 Å². The van der Waals surface area contributed by atoms with Crippen molar-refractivity contribution in [3.05, 3.63) is 42.6 Å². The van der Waals surface area contributed by atoms with Crippen LogP contribution in [0.2, 0.25) is 0 Å². The number of methoxy groups -OCH3 is 1. The van der Waals surface area contributed by atoms with Gasteiger partial charge in [0.15, 0.2) is 0 Å². The van der Waals surface area contributed by atoms with Crippen LogP contribution in [-0.4, -0.2) is 85.2 Å². The molecule has 1 aromatic heterocycles. The van der Waals surface area contributed by atoms with Crippen molar-refractivity contribution in [3.63, 3.8) is 0 Å². The standard InChI is InChI=1S/C41H54N4O9S/c1-5-28-22-41(28,39(49)44-55(50,51)30-13-14-30)43-36(47)33-20-29-23-45(33)38(48)32(25-10-7-6-8-11-25)21-35(46)53-24-40(2,3)16-9-12-27-18-31-26(19-34(27)52-4)15-17-42-37(31)54-29/h5,15,17-19,25,28-30,32-33H,1,6-14,16,20-24H2,2-4H3,(H,43,47)(H,44,49)/t28-,29+,32-,33-,41+/m0/s1. The molecule has 2 N–H and O–H groups in total. The molecule has 4 bridgehead atoms. The maximum absolute atomic E-state index is 14.9. The van der Waals surface area contributed by atoms with E-state index in [9.17, 15) is 27.6 Å². The van der Waals surface area contributed by atoms with E-state index < -0.39 is 62.6 Å². The molecule has 5 atom stereocenters. The van der Waals surface area contributed by atoms with Crippen LogP contribution in [-0.2, 0) is 40.4 Å². The van der Waals surface area contributed by atoms with Crippen LogP contribution in [0.5, 0.6) is 11.6 Å². The van der Waals surface area contributed by atoms with Crippen LogP contribution in [0.4, 0.5) is 0 Å². The molecule has 0 radical (unpaired) electrons. The molecule has 5 aliphatic rings. The number of carbonyl (C=O) groups is 4. The van der Waals surface area contributed by atoms with E-state index in [4.69, 9.17) is 14.2 Å². The third kappa shape index (κ3) is 8.34. The van der Waals surface area contributed by atoms with Crippen LogP contribution in [0.1, 0.15) is 96.5 Å². The van der Waals surface area contributed by atoms with Gasteiger partial charge in [-0.3, -0.25) is 23.9 Å². The van der Waals surface area contributed by atoms with Crippen molar-refractivity contribution < 1.29 is 41.8 Å². The quantitative estimate of drug-likeness (QED) is 0.282. The van der Waals surface area contributed by atoms with Gasteiger partial charge in [-0.1, -0.05) is 39.2 Å². The van der Waals surface area contributed by atoms with E-state index in [-0.39, 0.29) is 49.7 Å². The maximum atomic E-state index is 14.9. The number of hydrogen-bond donors (Lipinski definition) is 2. The summed E-state index contributed by atoms with van der Waals surface area (Å²) >= 11 is 0. The van der Waals surface area contributed by atoms with Gasteiger partial charge < -0.3 is 24.4 Å². The molecule has 55 heavy (non-hydrogen) atoms. The Morgan fingerprint density at radius 2 is 1.85 bits per heavy atom. The van der Waals surface area contributed by atoms with Crippen molar-refractivity contribution in [1.82, 2.24) is 19.9 Å². The molecule has 3 amide bonds. The zero-order valence-electron chi connectivity index (χ0n) is 32.1. The summed E-state index contributed by atoms with van der Waals surface area (Å²) in [6.45, 7) is 8.19. The molecule has 13 nitrogen and oxygen atoms in total. The minimum Gasteiger partial charge on any atom is -0.496 e. The molecular weight excluding hydrogens is 725 g/mol. The number of esters is 1. The van der Waals surface area contributed by atoms with E-state index in [1.807, 2.05) is 18.2 Å². The third-order valence-electron chi connectivity index (χ3n) is 12.4. The van der Waals surface area contributed by atoms with Gasteiger partial charge in [-0.15, -0.1) is 6.58 Å². The SMILES string of the molecule is C=C[C@H]1C[C@]1(NC(=O)[C@@H]1C[C@@H]2CN1C(=O)[C@H](C1CCCCC1)CC(=O)OCC(C)(C)CCCc1cc3c(nccc3cc1OC)O2)C(=O)NS(=O)(=O)C1CC1. The highest BCUT2D eigenvalue weighted by atomic mass is 32.2. The van der Waals surface area contributed by atoms with E-state index >= 15 is 0 Å². The smallest absolute Gasteiger partial charge is 0.306 e. The Morgan fingerprint density at radius 3 is 2.55 bits per heavy atom. The van der Waals surface area contributed by atoms with Gasteiger partial charge in [0.1, 0.15) is 23.4 Å². The largest absolute Gasteiger partial charge is 0.496 e. The Kier molecular flexibility index (Phi) is 10.9. The number of nitrogens with zero attached hydrogens (tertiary/aromatic N) is 2. The normalized spacial score (nSPS) is 29.0. The van der Waals surface area contributed by atoms with Crippen molar-refractivity contribution in [1.29, 1.82) is 0 Å². The molecule has 0 spiro atoms. The highest BCUT2D eigenvalue weighted by molar-refractivity contribution is 7.91. The molecule has 298 valence electrons. The number of cyclic esters (lactones) is 1. The molecule has 4 fully saturated rings. The Bertz CT molecular complexity index is 1960. The lowest BCUT2D eigenvalue weighted by Crippen LogP contribution is -2.57. The molecule has 3 heterocycles.